The Balaban J connectivity index is 1.73. The summed E-state index contributed by atoms with van der Waals surface area (Å²) in [5, 5.41) is 20.7. The van der Waals surface area contributed by atoms with Gasteiger partial charge in [-0.1, -0.05) is 25.1 Å². The van der Waals surface area contributed by atoms with Crippen LogP contribution in [0.25, 0.3) is 0 Å². The third-order valence-electron chi connectivity index (χ3n) is 5.45. The molecular formula is C21H21N3O6. The van der Waals surface area contributed by atoms with Gasteiger partial charge in [-0.2, -0.15) is 5.06 Å². The first kappa shape index (κ1) is 19.9. The topological polar surface area (TPSA) is 133 Å². The van der Waals surface area contributed by atoms with E-state index in [1.165, 1.54) is 23.3 Å². The fourth-order valence-corrected chi connectivity index (χ4v) is 3.99. The highest BCUT2D eigenvalue weighted by atomic mass is 16.7. The molecule has 9 nitrogen and oxygen atoms in total. The van der Waals surface area contributed by atoms with Crippen molar-refractivity contribution in [2.45, 2.75) is 25.5 Å². The summed E-state index contributed by atoms with van der Waals surface area (Å²) in [6, 6.07) is 10.3. The smallest absolute Gasteiger partial charge is 0.265 e. The Hall–Kier alpha value is -3.43. The largest absolute Gasteiger partial charge is 0.504 e. The molecule has 2 saturated heterocycles. The minimum atomic E-state index is -1.12. The molecule has 4 N–H and O–H groups in total. The number of hydroxylamine groups is 2. The van der Waals surface area contributed by atoms with E-state index in [0.717, 1.165) is 16.9 Å². The van der Waals surface area contributed by atoms with Gasteiger partial charge in [-0.3, -0.25) is 19.2 Å². The van der Waals surface area contributed by atoms with Crippen LogP contribution in [-0.4, -0.2) is 45.6 Å². The van der Waals surface area contributed by atoms with Crippen molar-refractivity contribution < 1.29 is 29.4 Å². The summed E-state index contributed by atoms with van der Waals surface area (Å²) in [6.07, 6.45) is -0.297. The van der Waals surface area contributed by atoms with E-state index in [1.807, 2.05) is 19.1 Å². The summed E-state index contributed by atoms with van der Waals surface area (Å²) in [6.45, 7) is 1.66. The zero-order chi connectivity index (χ0) is 21.6. The standard InChI is InChI=1S/C21H21N3O6/c1-2-11-3-6-13(7-4-11)24-20(28)17-18(12-5-8-14(25)15(26)9-12)23(10-16(22)27)30-19(17)21(24)29/h3-9,17-19,25-26H,2,10H2,1H3,(H2,22,27). The lowest BCUT2D eigenvalue weighted by atomic mass is 9.90. The number of nitrogens with two attached hydrogens (primary N) is 1. The van der Waals surface area contributed by atoms with Crippen molar-refractivity contribution >= 4 is 23.4 Å². The van der Waals surface area contributed by atoms with Gasteiger partial charge in [-0.15, -0.1) is 0 Å². The molecule has 2 aliphatic heterocycles. The van der Waals surface area contributed by atoms with Crippen molar-refractivity contribution in [1.82, 2.24) is 5.06 Å². The van der Waals surface area contributed by atoms with Gasteiger partial charge in [0.05, 0.1) is 17.6 Å². The van der Waals surface area contributed by atoms with Crippen molar-refractivity contribution in [2.75, 3.05) is 11.4 Å². The zero-order valence-electron chi connectivity index (χ0n) is 16.2. The number of phenols is 2. The number of aromatic hydroxyl groups is 2. The maximum atomic E-state index is 13.3. The first-order valence-electron chi connectivity index (χ1n) is 9.52. The lowest BCUT2D eigenvalue weighted by molar-refractivity contribution is -0.175. The average molecular weight is 411 g/mol. The second kappa shape index (κ2) is 7.43. The number of fused-ring (bicyclic) bond motifs is 1. The molecule has 0 radical (unpaired) electrons. The Morgan fingerprint density at radius 1 is 1.07 bits per heavy atom. The number of hydrogen-bond acceptors (Lipinski definition) is 7. The summed E-state index contributed by atoms with van der Waals surface area (Å²) in [5.41, 5.74) is 7.22. The molecule has 0 bridgehead atoms. The highest BCUT2D eigenvalue weighted by Gasteiger charge is 2.60. The number of imide groups is 1. The maximum Gasteiger partial charge on any atom is 0.265 e. The Kier molecular flexibility index (Phi) is 4.92. The van der Waals surface area contributed by atoms with Gasteiger partial charge >= 0.3 is 0 Å². The fraction of sp³-hybridized carbons (Fsp3) is 0.286. The van der Waals surface area contributed by atoms with E-state index >= 15 is 0 Å². The number of primary amides is 1. The number of benzene rings is 2. The molecule has 0 aromatic heterocycles. The molecule has 156 valence electrons. The van der Waals surface area contributed by atoms with Crippen molar-refractivity contribution in [3.05, 3.63) is 53.6 Å². The van der Waals surface area contributed by atoms with Crippen LogP contribution in [0.15, 0.2) is 42.5 Å². The van der Waals surface area contributed by atoms with Gasteiger partial charge in [0.15, 0.2) is 17.6 Å². The number of nitrogens with zero attached hydrogens (tertiary/aromatic N) is 2. The van der Waals surface area contributed by atoms with Gasteiger partial charge in [0.1, 0.15) is 6.54 Å². The molecule has 0 aliphatic carbocycles. The predicted molar refractivity (Wildman–Crippen MR) is 105 cm³/mol. The lowest BCUT2D eigenvalue weighted by Gasteiger charge is -2.26. The molecule has 2 aromatic carbocycles. The maximum absolute atomic E-state index is 13.3. The average Bonchev–Trinajstić information content (AvgIpc) is 3.19. The first-order valence-corrected chi connectivity index (χ1v) is 9.52. The van der Waals surface area contributed by atoms with Crippen LogP contribution in [0.5, 0.6) is 11.5 Å². The normalized spacial score (nSPS) is 23.8. The molecule has 3 unspecified atom stereocenters. The highest BCUT2D eigenvalue weighted by Crippen LogP contribution is 2.46. The second-order valence-corrected chi connectivity index (χ2v) is 7.32. The Labute approximate surface area is 172 Å². The van der Waals surface area contributed by atoms with Crippen LogP contribution < -0.4 is 10.6 Å². The van der Waals surface area contributed by atoms with Gasteiger partial charge in [0.25, 0.3) is 5.91 Å². The molecule has 2 aliphatic rings. The number of phenolic OH excluding ortho intramolecular Hbond substituents is 2. The van der Waals surface area contributed by atoms with E-state index < -0.39 is 41.5 Å². The van der Waals surface area contributed by atoms with Crippen LogP contribution in [-0.2, 0) is 25.6 Å². The molecule has 0 saturated carbocycles. The van der Waals surface area contributed by atoms with Crippen LogP contribution in [0.1, 0.15) is 24.1 Å². The Bertz CT molecular complexity index is 1020. The van der Waals surface area contributed by atoms with Gasteiger partial charge < -0.3 is 15.9 Å². The first-order chi connectivity index (χ1) is 14.3. The van der Waals surface area contributed by atoms with Crippen molar-refractivity contribution in [3.63, 3.8) is 0 Å². The van der Waals surface area contributed by atoms with Crippen LogP contribution in [0.3, 0.4) is 0 Å². The summed E-state index contributed by atoms with van der Waals surface area (Å²) in [7, 11) is 0. The number of rotatable bonds is 5. The molecule has 2 aromatic rings. The van der Waals surface area contributed by atoms with Crippen molar-refractivity contribution in [2.24, 2.45) is 11.7 Å². The predicted octanol–water partition coefficient (Wildman–Crippen LogP) is 0.992. The molecule has 3 atom stereocenters. The minimum Gasteiger partial charge on any atom is -0.504 e. The highest BCUT2D eigenvalue weighted by molar-refractivity contribution is 6.23. The van der Waals surface area contributed by atoms with E-state index in [2.05, 4.69) is 0 Å². The number of carbonyl (C=O) groups excluding carboxylic acids is 3. The third-order valence-corrected chi connectivity index (χ3v) is 5.45. The van der Waals surface area contributed by atoms with Crippen molar-refractivity contribution in [1.29, 1.82) is 0 Å². The third kappa shape index (κ3) is 3.17. The summed E-state index contributed by atoms with van der Waals surface area (Å²) >= 11 is 0. The van der Waals surface area contributed by atoms with E-state index in [4.69, 9.17) is 10.6 Å². The van der Waals surface area contributed by atoms with E-state index in [-0.39, 0.29) is 12.3 Å². The summed E-state index contributed by atoms with van der Waals surface area (Å²) in [4.78, 5) is 44.6. The van der Waals surface area contributed by atoms with Gasteiger partial charge in [0.2, 0.25) is 11.8 Å². The summed E-state index contributed by atoms with van der Waals surface area (Å²) < 4.78 is 0. The van der Waals surface area contributed by atoms with Crippen LogP contribution in [0, 0.1) is 5.92 Å². The van der Waals surface area contributed by atoms with E-state index in [0.29, 0.717) is 11.3 Å². The van der Waals surface area contributed by atoms with Gasteiger partial charge in [0, 0.05) is 0 Å². The van der Waals surface area contributed by atoms with Crippen LogP contribution in [0.4, 0.5) is 5.69 Å². The fourth-order valence-electron chi connectivity index (χ4n) is 3.99. The van der Waals surface area contributed by atoms with Crippen LogP contribution in [0.2, 0.25) is 0 Å². The quantitative estimate of drug-likeness (QED) is 0.493. The van der Waals surface area contributed by atoms with Crippen molar-refractivity contribution in [3.8, 4) is 11.5 Å². The zero-order valence-corrected chi connectivity index (χ0v) is 16.2. The molecule has 4 rings (SSSR count). The Morgan fingerprint density at radius 3 is 2.37 bits per heavy atom. The van der Waals surface area contributed by atoms with E-state index in [1.54, 1.807) is 12.1 Å². The molecule has 30 heavy (non-hydrogen) atoms. The summed E-state index contributed by atoms with van der Waals surface area (Å²) in [5.74, 6) is -3.37. The number of amides is 3. The monoisotopic (exact) mass is 411 g/mol. The molecular weight excluding hydrogens is 390 g/mol. The number of carbonyl (C=O) groups is 3. The Morgan fingerprint density at radius 2 is 1.77 bits per heavy atom. The van der Waals surface area contributed by atoms with E-state index in [9.17, 15) is 24.6 Å². The van der Waals surface area contributed by atoms with Gasteiger partial charge in [-0.05, 0) is 41.8 Å². The number of aryl methyl sites for hydroxylation is 1. The lowest BCUT2D eigenvalue weighted by Crippen LogP contribution is -2.40. The second-order valence-electron chi connectivity index (χ2n) is 7.32. The molecule has 9 heteroatoms. The number of anilines is 1. The molecule has 2 fully saturated rings. The molecule has 3 amide bonds. The SMILES string of the molecule is CCc1ccc(N2C(=O)C3ON(CC(N)=O)C(c4ccc(O)c(O)c4)C3C2=O)cc1. The van der Waals surface area contributed by atoms with Gasteiger partial charge in [-0.25, -0.2) is 4.90 Å². The minimum absolute atomic E-state index is 0.331. The molecule has 0 spiro atoms. The number of hydrogen-bond donors (Lipinski definition) is 3. The van der Waals surface area contributed by atoms with Crippen LogP contribution >= 0.6 is 0 Å². The molecule has 2 heterocycles.